The average Bonchev–Trinajstić information content (AvgIpc) is 2.56. The Morgan fingerprint density at radius 2 is 2.08 bits per heavy atom. The van der Waals surface area contributed by atoms with Crippen molar-refractivity contribution >= 4 is 14.7 Å². The van der Waals surface area contributed by atoms with Crippen LogP contribution < -0.4 is 0 Å². The molecular weight excluding hydrogens is 235 g/mol. The van der Waals surface area contributed by atoms with Gasteiger partial charge in [-0.05, 0) is 0 Å². The van der Waals surface area contributed by atoms with Crippen LogP contribution in [0.4, 0.5) is 0 Å². The summed E-state index contributed by atoms with van der Waals surface area (Å²) in [5.41, 5.74) is 1.29. The summed E-state index contributed by atoms with van der Waals surface area (Å²) in [5, 5.41) is 22.4. The first-order valence-electron chi connectivity index (χ1n) is 3.57. The van der Waals surface area contributed by atoms with E-state index in [4.69, 9.17) is 5.11 Å². The summed E-state index contributed by atoms with van der Waals surface area (Å²) >= 11 is 0.0552. The fourth-order valence-corrected chi connectivity index (χ4v) is 1.98. The van der Waals surface area contributed by atoms with Gasteiger partial charge in [0.2, 0.25) is 0 Å². The van der Waals surface area contributed by atoms with Gasteiger partial charge in [0.15, 0.2) is 0 Å². The Bertz CT molecular complexity index is 414. The van der Waals surface area contributed by atoms with Gasteiger partial charge in [-0.3, -0.25) is 0 Å². The Morgan fingerprint density at radius 3 is 2.69 bits per heavy atom. The maximum absolute atomic E-state index is 9.46. The summed E-state index contributed by atoms with van der Waals surface area (Å²) in [5.74, 6) is 0.0743. The zero-order valence-corrected chi connectivity index (χ0v) is 8.22. The van der Waals surface area contributed by atoms with Gasteiger partial charge in [0.25, 0.3) is 0 Å². The number of phenolic OH excluding ortho intramolecular Hbond substituents is 2. The molecule has 0 fully saturated rings. The second kappa shape index (κ2) is 3.20. The van der Waals surface area contributed by atoms with Gasteiger partial charge in [-0.25, -0.2) is 0 Å². The van der Waals surface area contributed by atoms with Gasteiger partial charge in [0, 0.05) is 0 Å². The van der Waals surface area contributed by atoms with Crippen molar-refractivity contribution in [2.45, 2.75) is 0 Å². The van der Waals surface area contributed by atoms with Crippen LogP contribution in [0.3, 0.4) is 0 Å². The fourth-order valence-electron chi connectivity index (χ4n) is 1.02. The Morgan fingerprint density at radius 1 is 1.23 bits per heavy atom. The minimum absolute atomic E-state index is 0.0305. The van der Waals surface area contributed by atoms with Crippen molar-refractivity contribution in [2.24, 2.45) is 0 Å². The minimum atomic E-state index is 0.0305. The summed E-state index contributed by atoms with van der Waals surface area (Å²) < 4.78 is 3.83. The topological polar surface area (TPSA) is 66.2 Å². The number of aromatic nitrogens is 2. The number of phenols is 2. The van der Waals surface area contributed by atoms with Gasteiger partial charge < -0.3 is 0 Å². The molecule has 13 heavy (non-hydrogen) atoms. The van der Waals surface area contributed by atoms with E-state index in [0.717, 1.165) is 0 Å². The van der Waals surface area contributed by atoms with Crippen molar-refractivity contribution < 1.29 is 10.2 Å². The molecule has 1 aromatic carbocycles. The van der Waals surface area contributed by atoms with E-state index in [-0.39, 0.29) is 26.2 Å². The predicted molar refractivity (Wildman–Crippen MR) is 47.7 cm³/mol. The van der Waals surface area contributed by atoms with Gasteiger partial charge in [0.05, 0.1) is 0 Å². The molecule has 0 aliphatic carbocycles. The van der Waals surface area contributed by atoms with Crippen molar-refractivity contribution in [1.82, 2.24) is 9.19 Å². The fraction of sp³-hybridized carbons (Fsp3) is 0. The first-order valence-corrected chi connectivity index (χ1v) is 5.32. The summed E-state index contributed by atoms with van der Waals surface area (Å²) in [6.07, 6.45) is 0. The maximum atomic E-state index is 9.46. The molecule has 5 heteroatoms. The SMILES string of the molecule is Oc1ccc(-c2c[se]nn2)c(O)c1. The van der Waals surface area contributed by atoms with Crippen LogP contribution in [0.1, 0.15) is 0 Å². The Balaban J connectivity index is 2.53. The van der Waals surface area contributed by atoms with E-state index in [1.54, 1.807) is 6.07 Å². The molecule has 0 aliphatic heterocycles. The van der Waals surface area contributed by atoms with Crippen LogP contribution in [0.2, 0.25) is 0 Å². The van der Waals surface area contributed by atoms with Crippen LogP contribution in [-0.4, -0.2) is 34.1 Å². The molecule has 2 aromatic rings. The van der Waals surface area contributed by atoms with Crippen molar-refractivity contribution in [3.63, 3.8) is 0 Å². The molecule has 66 valence electrons. The first kappa shape index (κ1) is 8.29. The number of nitrogens with zero attached hydrogens (tertiary/aromatic N) is 2. The molecule has 0 atom stereocenters. The second-order valence-corrected chi connectivity index (χ2v) is 3.77. The molecule has 0 unspecified atom stereocenters. The first-order chi connectivity index (χ1) is 6.27. The van der Waals surface area contributed by atoms with Gasteiger partial charge in [-0.15, -0.1) is 0 Å². The number of benzene rings is 1. The third-order valence-corrected chi connectivity index (χ3v) is 2.68. The molecule has 2 N–H and O–H groups in total. The number of hydrogen-bond donors (Lipinski definition) is 2. The summed E-state index contributed by atoms with van der Waals surface area (Å²) in [4.78, 5) is 1.87. The average molecular weight is 241 g/mol. The van der Waals surface area contributed by atoms with Crippen LogP contribution in [0.15, 0.2) is 23.1 Å². The number of aromatic hydroxyl groups is 2. The normalized spacial score (nSPS) is 10.2. The Hall–Kier alpha value is -1.32. The van der Waals surface area contributed by atoms with Crippen molar-refractivity contribution in [2.75, 3.05) is 0 Å². The zero-order chi connectivity index (χ0) is 9.26. The third kappa shape index (κ3) is 1.56. The molecule has 0 bridgehead atoms. The van der Waals surface area contributed by atoms with E-state index >= 15 is 0 Å². The Labute approximate surface area is 80.5 Å². The van der Waals surface area contributed by atoms with Crippen LogP contribution in [0.25, 0.3) is 11.3 Å². The van der Waals surface area contributed by atoms with Crippen LogP contribution in [-0.2, 0) is 0 Å². The van der Waals surface area contributed by atoms with Gasteiger partial charge in [-0.2, -0.15) is 0 Å². The summed E-state index contributed by atoms with van der Waals surface area (Å²) in [6, 6.07) is 4.42. The molecule has 1 heterocycles. The molecule has 0 radical (unpaired) electrons. The van der Waals surface area contributed by atoms with Gasteiger partial charge in [-0.1, -0.05) is 0 Å². The molecule has 0 amide bonds. The van der Waals surface area contributed by atoms with Gasteiger partial charge in [0.1, 0.15) is 0 Å². The van der Waals surface area contributed by atoms with E-state index < -0.39 is 0 Å². The van der Waals surface area contributed by atoms with Crippen LogP contribution in [0, 0.1) is 0 Å². The van der Waals surface area contributed by atoms with E-state index in [1.165, 1.54) is 12.1 Å². The third-order valence-electron chi connectivity index (χ3n) is 1.62. The van der Waals surface area contributed by atoms with Crippen molar-refractivity contribution in [3.05, 3.63) is 23.1 Å². The second-order valence-electron chi connectivity index (χ2n) is 2.49. The summed E-state index contributed by atoms with van der Waals surface area (Å²) in [7, 11) is 0. The number of rotatable bonds is 1. The summed E-state index contributed by atoms with van der Waals surface area (Å²) in [6.45, 7) is 0. The van der Waals surface area contributed by atoms with Crippen LogP contribution >= 0.6 is 0 Å². The molecule has 0 aliphatic rings. The van der Waals surface area contributed by atoms with E-state index in [9.17, 15) is 5.11 Å². The zero-order valence-electron chi connectivity index (χ0n) is 6.51. The molecule has 0 saturated carbocycles. The van der Waals surface area contributed by atoms with E-state index in [1.807, 2.05) is 4.94 Å². The quantitative estimate of drug-likeness (QED) is 0.718. The predicted octanol–water partition coefficient (Wildman–Crippen LogP) is 0.612. The molecular formula is C8H6N2O2Se. The van der Waals surface area contributed by atoms with Crippen LogP contribution in [0.5, 0.6) is 11.5 Å². The molecule has 0 spiro atoms. The Kier molecular flexibility index (Phi) is 2.04. The van der Waals surface area contributed by atoms with E-state index in [0.29, 0.717) is 11.3 Å². The van der Waals surface area contributed by atoms with E-state index in [2.05, 4.69) is 9.19 Å². The van der Waals surface area contributed by atoms with Crippen molar-refractivity contribution in [1.29, 1.82) is 0 Å². The standard InChI is InChI=1S/C8H6N2O2Se/c11-5-1-2-6(8(12)3-5)7-4-13-10-9-7/h1-4,11-12H. The van der Waals surface area contributed by atoms with Crippen molar-refractivity contribution in [3.8, 4) is 22.8 Å². The number of hydrogen-bond acceptors (Lipinski definition) is 4. The molecule has 4 nitrogen and oxygen atoms in total. The molecule has 0 saturated heterocycles. The van der Waals surface area contributed by atoms with Gasteiger partial charge >= 0.3 is 80.0 Å². The molecule has 2 rings (SSSR count). The molecule has 1 aromatic heterocycles. The monoisotopic (exact) mass is 242 g/mol.